The number of hydrogen-bond acceptors (Lipinski definition) is 3. The fraction of sp³-hybridized carbons (Fsp3) is 0.250. The predicted octanol–water partition coefficient (Wildman–Crippen LogP) is 3.19. The van der Waals surface area contributed by atoms with Crippen molar-refractivity contribution >= 4 is 34.2 Å². The monoisotopic (exact) mass is 399 g/mol. The first-order valence-electron chi connectivity index (χ1n) is 7.03. The quantitative estimate of drug-likeness (QED) is 0.842. The third kappa shape index (κ3) is 3.88. The largest absolute Gasteiger partial charge is 0.329 e. The van der Waals surface area contributed by atoms with Crippen LogP contribution in [0.1, 0.15) is 22.0 Å². The van der Waals surface area contributed by atoms with Crippen LogP contribution in [0, 0.1) is 5.82 Å². The fourth-order valence-electron chi connectivity index (χ4n) is 2.61. The lowest BCUT2D eigenvalue weighted by Gasteiger charge is -2.36. The molecule has 1 atom stereocenters. The summed E-state index contributed by atoms with van der Waals surface area (Å²) in [6.07, 6.45) is 3.47. The average molecular weight is 401 g/mol. The smallest absolute Gasteiger partial charge is 0.254 e. The molecule has 1 aliphatic rings. The number of carbonyl (C=O) groups is 1. The van der Waals surface area contributed by atoms with E-state index in [-0.39, 0.29) is 24.4 Å². The van der Waals surface area contributed by atoms with Gasteiger partial charge in [-0.25, -0.2) is 4.39 Å². The van der Waals surface area contributed by atoms with Crippen LogP contribution in [-0.2, 0) is 0 Å². The lowest BCUT2D eigenvalue weighted by molar-refractivity contribution is 0.0633. The second kappa shape index (κ2) is 7.86. The van der Waals surface area contributed by atoms with Crippen LogP contribution in [0.15, 0.2) is 47.2 Å². The summed E-state index contributed by atoms with van der Waals surface area (Å²) in [5, 5.41) is 3.29. The zero-order valence-corrected chi connectivity index (χ0v) is 14.6. The molecule has 0 saturated carbocycles. The van der Waals surface area contributed by atoms with Crippen LogP contribution in [0.25, 0.3) is 0 Å². The number of pyridine rings is 1. The average Bonchev–Trinajstić information content (AvgIpc) is 2.57. The van der Waals surface area contributed by atoms with Crippen LogP contribution in [-0.4, -0.2) is 35.4 Å². The molecule has 0 bridgehead atoms. The molecule has 0 radical (unpaired) electrons. The van der Waals surface area contributed by atoms with E-state index in [0.717, 1.165) is 12.1 Å². The summed E-state index contributed by atoms with van der Waals surface area (Å²) in [6.45, 7) is 1.97. The molecule has 1 aromatic heterocycles. The van der Waals surface area contributed by atoms with E-state index in [4.69, 9.17) is 0 Å². The van der Waals surface area contributed by atoms with Gasteiger partial charge in [-0.3, -0.25) is 9.78 Å². The molecule has 7 heteroatoms. The van der Waals surface area contributed by atoms with Crippen molar-refractivity contribution in [1.29, 1.82) is 0 Å². The molecule has 1 saturated heterocycles. The first-order valence-corrected chi connectivity index (χ1v) is 7.83. The summed E-state index contributed by atoms with van der Waals surface area (Å²) >= 11 is 3.10. The fourth-order valence-corrected chi connectivity index (χ4v) is 2.86. The zero-order chi connectivity index (χ0) is 15.5. The number of carbonyl (C=O) groups excluding carboxylic acids is 1. The topological polar surface area (TPSA) is 45.2 Å². The van der Waals surface area contributed by atoms with Crippen LogP contribution in [0.2, 0.25) is 0 Å². The minimum absolute atomic E-state index is 0. The van der Waals surface area contributed by atoms with Gasteiger partial charge in [0.2, 0.25) is 0 Å². The van der Waals surface area contributed by atoms with E-state index in [0.29, 0.717) is 23.1 Å². The second-order valence-electron chi connectivity index (χ2n) is 5.13. The molecule has 23 heavy (non-hydrogen) atoms. The first kappa shape index (κ1) is 17.8. The molecule has 1 N–H and O–H groups in total. The molecule has 3 rings (SSSR count). The van der Waals surface area contributed by atoms with Gasteiger partial charge in [-0.15, -0.1) is 12.4 Å². The lowest BCUT2D eigenvalue weighted by atomic mass is 10.0. The van der Waals surface area contributed by atoms with Crippen LogP contribution in [0.3, 0.4) is 0 Å². The highest BCUT2D eigenvalue weighted by atomic mass is 79.9. The Labute approximate surface area is 148 Å². The molecule has 122 valence electrons. The number of nitrogens with one attached hydrogen (secondary N) is 1. The molecule has 1 amide bonds. The van der Waals surface area contributed by atoms with Gasteiger partial charge < -0.3 is 10.2 Å². The summed E-state index contributed by atoms with van der Waals surface area (Å²) in [5.41, 5.74) is 1.33. The molecule has 2 heterocycles. The minimum Gasteiger partial charge on any atom is -0.329 e. The Morgan fingerprint density at radius 1 is 1.39 bits per heavy atom. The van der Waals surface area contributed by atoms with Gasteiger partial charge in [0.25, 0.3) is 5.91 Å². The van der Waals surface area contributed by atoms with E-state index in [1.807, 2.05) is 12.1 Å². The van der Waals surface area contributed by atoms with E-state index in [2.05, 4.69) is 26.2 Å². The van der Waals surface area contributed by atoms with Crippen LogP contribution in [0.5, 0.6) is 0 Å². The van der Waals surface area contributed by atoms with Crippen LogP contribution in [0.4, 0.5) is 4.39 Å². The van der Waals surface area contributed by atoms with Crippen molar-refractivity contribution in [1.82, 2.24) is 15.2 Å². The molecular weight excluding hydrogens is 385 g/mol. The van der Waals surface area contributed by atoms with Gasteiger partial charge in [-0.1, -0.05) is 6.07 Å². The number of benzene rings is 1. The zero-order valence-electron chi connectivity index (χ0n) is 12.2. The van der Waals surface area contributed by atoms with Crippen molar-refractivity contribution in [3.63, 3.8) is 0 Å². The number of nitrogens with zero attached hydrogens (tertiary/aromatic N) is 2. The number of halogens is 3. The molecule has 1 fully saturated rings. The first-order chi connectivity index (χ1) is 10.7. The Morgan fingerprint density at radius 3 is 2.91 bits per heavy atom. The minimum atomic E-state index is -0.432. The van der Waals surface area contributed by atoms with Gasteiger partial charge in [0.15, 0.2) is 0 Å². The van der Waals surface area contributed by atoms with Crippen molar-refractivity contribution in [3.8, 4) is 0 Å². The molecule has 0 spiro atoms. The number of piperazine rings is 1. The predicted molar refractivity (Wildman–Crippen MR) is 92.2 cm³/mol. The summed E-state index contributed by atoms with van der Waals surface area (Å²) < 4.78 is 14.0. The molecule has 1 aromatic carbocycles. The molecule has 4 nitrogen and oxygen atoms in total. The van der Waals surface area contributed by atoms with Crippen molar-refractivity contribution in [2.45, 2.75) is 6.04 Å². The molecule has 0 aliphatic carbocycles. The van der Waals surface area contributed by atoms with E-state index in [9.17, 15) is 9.18 Å². The molecular formula is C16H16BrClFN3O. The highest BCUT2D eigenvalue weighted by Crippen LogP contribution is 2.25. The molecule has 1 aliphatic heterocycles. The van der Waals surface area contributed by atoms with Gasteiger partial charge in [0, 0.05) is 37.6 Å². The summed E-state index contributed by atoms with van der Waals surface area (Å²) in [5.74, 6) is -0.597. The standard InChI is InChI=1S/C16H15BrFN3O.ClH/c17-13-4-3-11(8-14(13)18)16(22)21-7-6-20-10-15(21)12-2-1-5-19-9-12;/h1-5,8-9,15,20H,6-7,10H2;1H. The highest BCUT2D eigenvalue weighted by Gasteiger charge is 2.29. The van der Waals surface area contributed by atoms with Crippen LogP contribution >= 0.6 is 28.3 Å². The van der Waals surface area contributed by atoms with Crippen molar-refractivity contribution in [2.75, 3.05) is 19.6 Å². The normalized spacial score (nSPS) is 17.5. The molecule has 2 aromatic rings. The highest BCUT2D eigenvalue weighted by molar-refractivity contribution is 9.10. The molecule has 1 unspecified atom stereocenters. The lowest BCUT2D eigenvalue weighted by Crippen LogP contribution is -2.48. The van der Waals surface area contributed by atoms with E-state index in [1.54, 1.807) is 29.4 Å². The number of rotatable bonds is 2. The summed E-state index contributed by atoms with van der Waals surface area (Å²) in [6, 6.07) is 8.18. The Morgan fingerprint density at radius 2 is 2.22 bits per heavy atom. The Bertz CT molecular complexity index is 686. The third-order valence-electron chi connectivity index (χ3n) is 3.74. The van der Waals surface area contributed by atoms with Crippen molar-refractivity contribution < 1.29 is 9.18 Å². The summed E-state index contributed by atoms with van der Waals surface area (Å²) in [4.78, 5) is 18.6. The van der Waals surface area contributed by atoms with Gasteiger partial charge in [-0.2, -0.15) is 0 Å². The van der Waals surface area contributed by atoms with Crippen LogP contribution < -0.4 is 5.32 Å². The van der Waals surface area contributed by atoms with E-state index in [1.165, 1.54) is 6.07 Å². The maximum Gasteiger partial charge on any atom is 0.254 e. The van der Waals surface area contributed by atoms with Gasteiger partial charge in [0.1, 0.15) is 5.82 Å². The van der Waals surface area contributed by atoms with E-state index >= 15 is 0 Å². The van der Waals surface area contributed by atoms with Gasteiger partial charge in [0.05, 0.1) is 10.5 Å². The summed E-state index contributed by atoms with van der Waals surface area (Å²) in [7, 11) is 0. The SMILES string of the molecule is Cl.O=C(c1ccc(Br)c(F)c1)N1CCNCC1c1cccnc1. The van der Waals surface area contributed by atoms with Crippen molar-refractivity contribution in [2.24, 2.45) is 0 Å². The number of amides is 1. The Balaban J connectivity index is 0.00000192. The number of hydrogen-bond donors (Lipinski definition) is 1. The van der Waals surface area contributed by atoms with Crippen molar-refractivity contribution in [3.05, 3.63) is 64.1 Å². The van der Waals surface area contributed by atoms with Gasteiger partial charge in [-0.05, 0) is 45.8 Å². The third-order valence-corrected chi connectivity index (χ3v) is 4.38. The Kier molecular flexibility index (Phi) is 6.10. The maximum atomic E-state index is 13.7. The Hall–Kier alpha value is -1.50. The number of aromatic nitrogens is 1. The maximum absolute atomic E-state index is 13.7. The second-order valence-corrected chi connectivity index (χ2v) is 5.99. The van der Waals surface area contributed by atoms with E-state index < -0.39 is 5.82 Å². The van der Waals surface area contributed by atoms with Gasteiger partial charge >= 0.3 is 0 Å².